The Morgan fingerprint density at radius 2 is 2.40 bits per heavy atom. The van der Waals surface area contributed by atoms with Crippen LogP contribution in [0.1, 0.15) is 25.0 Å². The predicted octanol–water partition coefficient (Wildman–Crippen LogP) is 1.37. The molecule has 1 aromatic heterocycles. The van der Waals surface area contributed by atoms with Crippen LogP contribution in [0.5, 0.6) is 0 Å². The number of nitrogens with one attached hydrogen (secondary N) is 2. The molecule has 2 atom stereocenters. The molecule has 3 rings (SSSR count). The van der Waals surface area contributed by atoms with Gasteiger partial charge in [0.25, 0.3) is 0 Å². The van der Waals surface area contributed by atoms with Gasteiger partial charge in [-0.15, -0.1) is 0 Å². The molecule has 2 aliphatic rings. The molecular weight excluding hydrogens is 188 g/mol. The lowest BCUT2D eigenvalue weighted by Gasteiger charge is -2.20. The first kappa shape index (κ1) is 9.21. The van der Waals surface area contributed by atoms with Crippen molar-refractivity contribution in [2.45, 2.75) is 38.3 Å². The molecule has 0 bridgehead atoms. The number of rotatable bonds is 2. The highest BCUT2D eigenvalue weighted by atomic mass is 15.3. The van der Waals surface area contributed by atoms with Crippen LogP contribution in [-0.4, -0.2) is 40.0 Å². The summed E-state index contributed by atoms with van der Waals surface area (Å²) in [5, 5.41) is 3.52. The fourth-order valence-corrected chi connectivity index (χ4v) is 2.91. The van der Waals surface area contributed by atoms with Crippen molar-refractivity contribution in [2.24, 2.45) is 0 Å². The van der Waals surface area contributed by atoms with Gasteiger partial charge in [-0.2, -0.15) is 0 Å². The zero-order valence-corrected chi connectivity index (χ0v) is 9.16. The quantitative estimate of drug-likeness (QED) is 0.768. The van der Waals surface area contributed by atoms with E-state index in [2.05, 4.69) is 20.2 Å². The molecule has 0 radical (unpaired) electrons. The van der Waals surface area contributed by atoms with Crippen molar-refractivity contribution >= 4 is 5.95 Å². The molecule has 1 aromatic rings. The van der Waals surface area contributed by atoms with Gasteiger partial charge in [-0.3, -0.25) is 4.90 Å². The normalized spacial score (nSPS) is 30.7. The predicted molar refractivity (Wildman–Crippen MR) is 59.9 cm³/mol. The monoisotopic (exact) mass is 206 g/mol. The van der Waals surface area contributed by atoms with Crippen molar-refractivity contribution in [3.63, 3.8) is 0 Å². The number of hydrogen-bond donors (Lipinski definition) is 2. The SMILES string of the molecule is Cc1cnc(NC2CCN3CCCC23)[nH]1. The molecule has 0 amide bonds. The minimum absolute atomic E-state index is 0.595. The molecule has 0 aliphatic carbocycles. The van der Waals surface area contributed by atoms with E-state index in [1.54, 1.807) is 0 Å². The molecule has 2 saturated heterocycles. The summed E-state index contributed by atoms with van der Waals surface area (Å²) in [7, 11) is 0. The molecule has 82 valence electrons. The smallest absolute Gasteiger partial charge is 0.200 e. The number of fused-ring (bicyclic) bond motifs is 1. The van der Waals surface area contributed by atoms with Crippen LogP contribution in [0.3, 0.4) is 0 Å². The van der Waals surface area contributed by atoms with Gasteiger partial charge >= 0.3 is 0 Å². The lowest BCUT2D eigenvalue weighted by atomic mass is 10.1. The maximum absolute atomic E-state index is 4.31. The highest BCUT2D eigenvalue weighted by Crippen LogP contribution is 2.29. The summed E-state index contributed by atoms with van der Waals surface area (Å²) in [6.45, 7) is 4.58. The third-order valence-corrected chi connectivity index (χ3v) is 3.63. The van der Waals surface area contributed by atoms with Crippen LogP contribution < -0.4 is 5.32 Å². The second-order valence-electron chi connectivity index (χ2n) is 4.70. The van der Waals surface area contributed by atoms with Crippen LogP contribution in [0, 0.1) is 6.92 Å². The first-order valence-electron chi connectivity index (χ1n) is 5.85. The largest absolute Gasteiger partial charge is 0.351 e. The summed E-state index contributed by atoms with van der Waals surface area (Å²) in [6, 6.07) is 1.34. The highest BCUT2D eigenvalue weighted by molar-refractivity contribution is 5.29. The van der Waals surface area contributed by atoms with Crippen molar-refractivity contribution in [1.82, 2.24) is 14.9 Å². The first-order chi connectivity index (χ1) is 7.33. The third kappa shape index (κ3) is 1.63. The summed E-state index contributed by atoms with van der Waals surface area (Å²) < 4.78 is 0. The van der Waals surface area contributed by atoms with Crippen molar-refractivity contribution < 1.29 is 0 Å². The van der Waals surface area contributed by atoms with Gasteiger partial charge in [-0.05, 0) is 32.7 Å². The minimum Gasteiger partial charge on any atom is -0.351 e. The summed E-state index contributed by atoms with van der Waals surface area (Å²) >= 11 is 0. The van der Waals surface area contributed by atoms with E-state index in [1.165, 1.54) is 32.4 Å². The number of aromatic amines is 1. The van der Waals surface area contributed by atoms with Gasteiger partial charge in [0.1, 0.15) is 0 Å². The molecule has 2 aliphatic heterocycles. The van der Waals surface area contributed by atoms with Gasteiger partial charge < -0.3 is 10.3 Å². The molecule has 3 heterocycles. The zero-order valence-electron chi connectivity index (χ0n) is 9.16. The molecule has 2 N–H and O–H groups in total. The Labute approximate surface area is 90.1 Å². The number of aryl methyl sites for hydroxylation is 1. The standard InChI is InChI=1S/C11H18N4/c1-8-7-12-11(13-8)14-9-4-6-15-5-2-3-10(9)15/h7,9-10H,2-6H2,1H3,(H2,12,13,14). The highest BCUT2D eigenvalue weighted by Gasteiger charge is 2.37. The van der Waals surface area contributed by atoms with Crippen molar-refractivity contribution in [3.8, 4) is 0 Å². The minimum atomic E-state index is 0.595. The Morgan fingerprint density at radius 1 is 1.47 bits per heavy atom. The fraction of sp³-hybridized carbons (Fsp3) is 0.727. The Kier molecular flexibility index (Phi) is 2.16. The molecule has 2 unspecified atom stereocenters. The van der Waals surface area contributed by atoms with Crippen LogP contribution in [0.2, 0.25) is 0 Å². The van der Waals surface area contributed by atoms with Gasteiger partial charge in [0.2, 0.25) is 5.95 Å². The van der Waals surface area contributed by atoms with E-state index in [0.29, 0.717) is 6.04 Å². The Bertz CT molecular complexity index is 346. The number of hydrogen-bond acceptors (Lipinski definition) is 3. The third-order valence-electron chi connectivity index (χ3n) is 3.63. The second kappa shape index (κ2) is 3.52. The average Bonchev–Trinajstić information content (AvgIpc) is 2.85. The summed E-state index contributed by atoms with van der Waals surface area (Å²) in [5.74, 6) is 0.936. The fourth-order valence-electron chi connectivity index (χ4n) is 2.91. The average molecular weight is 206 g/mol. The topological polar surface area (TPSA) is 44.0 Å². The summed E-state index contributed by atoms with van der Waals surface area (Å²) in [4.78, 5) is 10.2. The van der Waals surface area contributed by atoms with E-state index in [4.69, 9.17) is 0 Å². The van der Waals surface area contributed by atoms with Crippen molar-refractivity contribution in [1.29, 1.82) is 0 Å². The van der Waals surface area contributed by atoms with E-state index in [9.17, 15) is 0 Å². The van der Waals surface area contributed by atoms with E-state index in [0.717, 1.165) is 17.7 Å². The van der Waals surface area contributed by atoms with E-state index < -0.39 is 0 Å². The Balaban J connectivity index is 1.68. The summed E-state index contributed by atoms with van der Waals surface area (Å²) in [5.41, 5.74) is 1.12. The van der Waals surface area contributed by atoms with E-state index >= 15 is 0 Å². The van der Waals surface area contributed by atoms with E-state index in [-0.39, 0.29) is 0 Å². The lowest BCUT2D eigenvalue weighted by Crippen LogP contribution is -2.34. The molecule has 15 heavy (non-hydrogen) atoms. The maximum Gasteiger partial charge on any atom is 0.200 e. The Morgan fingerprint density at radius 3 is 3.20 bits per heavy atom. The molecule has 2 fully saturated rings. The van der Waals surface area contributed by atoms with E-state index in [1.807, 2.05) is 13.1 Å². The van der Waals surface area contributed by atoms with Crippen LogP contribution >= 0.6 is 0 Å². The van der Waals surface area contributed by atoms with Crippen LogP contribution in [-0.2, 0) is 0 Å². The molecule has 0 aromatic carbocycles. The van der Waals surface area contributed by atoms with Crippen molar-refractivity contribution in [2.75, 3.05) is 18.4 Å². The number of anilines is 1. The first-order valence-corrected chi connectivity index (χ1v) is 5.85. The molecule has 4 heteroatoms. The number of nitrogens with zero attached hydrogens (tertiary/aromatic N) is 2. The van der Waals surface area contributed by atoms with Crippen LogP contribution in [0.4, 0.5) is 5.95 Å². The zero-order chi connectivity index (χ0) is 10.3. The molecule has 4 nitrogen and oxygen atoms in total. The molecular formula is C11H18N4. The second-order valence-corrected chi connectivity index (χ2v) is 4.70. The van der Waals surface area contributed by atoms with Crippen molar-refractivity contribution in [3.05, 3.63) is 11.9 Å². The van der Waals surface area contributed by atoms with Gasteiger partial charge in [-0.1, -0.05) is 0 Å². The number of imidazole rings is 1. The van der Waals surface area contributed by atoms with Gasteiger partial charge in [0.15, 0.2) is 0 Å². The van der Waals surface area contributed by atoms with Crippen LogP contribution in [0.25, 0.3) is 0 Å². The Hall–Kier alpha value is -1.03. The summed E-state index contributed by atoms with van der Waals surface area (Å²) in [6.07, 6.45) is 5.84. The van der Waals surface area contributed by atoms with Gasteiger partial charge in [0.05, 0.1) is 0 Å². The molecule has 0 saturated carbocycles. The number of H-pyrrole nitrogens is 1. The maximum atomic E-state index is 4.31. The molecule has 0 spiro atoms. The lowest BCUT2D eigenvalue weighted by molar-refractivity contribution is 0.318. The number of aromatic nitrogens is 2. The van der Waals surface area contributed by atoms with Crippen LogP contribution in [0.15, 0.2) is 6.20 Å². The van der Waals surface area contributed by atoms with Gasteiger partial charge in [-0.25, -0.2) is 4.98 Å². The van der Waals surface area contributed by atoms with Gasteiger partial charge in [0, 0.05) is 30.5 Å².